The van der Waals surface area contributed by atoms with Crippen molar-refractivity contribution in [3.05, 3.63) is 65.5 Å². The molecule has 1 N–H and O–H groups in total. The molecule has 0 bridgehead atoms. The first kappa shape index (κ1) is 23.4. The summed E-state index contributed by atoms with van der Waals surface area (Å²) in [4.78, 5) is 27.1. The third kappa shape index (κ3) is 7.17. The quantitative estimate of drug-likeness (QED) is 0.708. The molecular formula is C24H31FN2O3. The predicted octanol–water partition coefficient (Wildman–Crippen LogP) is 4.10. The van der Waals surface area contributed by atoms with Gasteiger partial charge in [-0.25, -0.2) is 4.39 Å². The van der Waals surface area contributed by atoms with Crippen molar-refractivity contribution in [2.45, 2.75) is 59.2 Å². The lowest BCUT2D eigenvalue weighted by molar-refractivity contribution is -0.142. The fraction of sp³-hybridized carbons (Fsp3) is 0.417. The van der Waals surface area contributed by atoms with Crippen LogP contribution in [0.3, 0.4) is 0 Å². The molecule has 0 aliphatic carbocycles. The largest absolute Gasteiger partial charge is 0.484 e. The van der Waals surface area contributed by atoms with E-state index in [1.165, 1.54) is 22.6 Å². The zero-order valence-electron chi connectivity index (χ0n) is 18.4. The summed E-state index contributed by atoms with van der Waals surface area (Å²) in [6.45, 7) is 9.37. The molecule has 0 radical (unpaired) electrons. The van der Waals surface area contributed by atoms with E-state index >= 15 is 0 Å². The number of hydrogen-bond donors (Lipinski definition) is 1. The van der Waals surface area contributed by atoms with E-state index in [1.54, 1.807) is 19.1 Å². The minimum Gasteiger partial charge on any atom is -0.484 e. The Labute approximate surface area is 178 Å². The predicted molar refractivity (Wildman–Crippen MR) is 116 cm³/mol. The van der Waals surface area contributed by atoms with Gasteiger partial charge in [0.05, 0.1) is 0 Å². The van der Waals surface area contributed by atoms with Crippen molar-refractivity contribution in [2.24, 2.45) is 0 Å². The maximum absolute atomic E-state index is 13.3. The first-order valence-electron chi connectivity index (χ1n) is 10.2. The third-order valence-corrected chi connectivity index (χ3v) is 4.63. The molecule has 30 heavy (non-hydrogen) atoms. The van der Waals surface area contributed by atoms with Crippen molar-refractivity contribution in [2.75, 3.05) is 6.61 Å². The molecule has 1 unspecified atom stereocenters. The van der Waals surface area contributed by atoms with E-state index in [0.29, 0.717) is 5.75 Å². The molecule has 2 amide bonds. The molecule has 0 aliphatic rings. The normalized spacial score (nSPS) is 12.2. The molecule has 2 aromatic rings. The molecule has 5 nitrogen and oxygen atoms in total. The topological polar surface area (TPSA) is 58.6 Å². The number of amides is 2. The Balaban J connectivity index is 2.14. The third-order valence-electron chi connectivity index (χ3n) is 4.63. The number of hydrogen-bond acceptors (Lipinski definition) is 3. The van der Waals surface area contributed by atoms with Crippen molar-refractivity contribution >= 4 is 11.8 Å². The average molecular weight is 415 g/mol. The molecule has 0 fully saturated rings. The highest BCUT2D eigenvalue weighted by atomic mass is 19.1. The van der Waals surface area contributed by atoms with Crippen LogP contribution in [0.25, 0.3) is 0 Å². The number of benzene rings is 2. The molecule has 0 spiro atoms. The number of carbonyl (C=O) groups is 2. The van der Waals surface area contributed by atoms with Gasteiger partial charge in [-0.2, -0.15) is 0 Å². The number of nitrogens with one attached hydrogen (secondary N) is 1. The van der Waals surface area contributed by atoms with Gasteiger partial charge < -0.3 is 15.0 Å². The van der Waals surface area contributed by atoms with Crippen LogP contribution in [0.2, 0.25) is 0 Å². The second-order valence-electron chi connectivity index (χ2n) is 8.35. The van der Waals surface area contributed by atoms with E-state index < -0.39 is 11.6 Å². The van der Waals surface area contributed by atoms with E-state index in [2.05, 4.69) is 12.2 Å². The van der Waals surface area contributed by atoms with Crippen LogP contribution in [0.5, 0.6) is 5.75 Å². The van der Waals surface area contributed by atoms with Gasteiger partial charge in [0.15, 0.2) is 6.61 Å². The zero-order valence-corrected chi connectivity index (χ0v) is 18.4. The summed E-state index contributed by atoms with van der Waals surface area (Å²) >= 11 is 0. The van der Waals surface area contributed by atoms with Crippen molar-refractivity contribution < 1.29 is 18.7 Å². The summed E-state index contributed by atoms with van der Waals surface area (Å²) < 4.78 is 18.9. The maximum atomic E-state index is 13.3. The monoisotopic (exact) mass is 414 g/mol. The summed E-state index contributed by atoms with van der Waals surface area (Å²) in [7, 11) is 0. The number of ether oxygens (including phenoxy) is 1. The van der Waals surface area contributed by atoms with Gasteiger partial charge in [0, 0.05) is 12.1 Å². The maximum Gasteiger partial charge on any atom is 0.261 e. The van der Waals surface area contributed by atoms with Crippen LogP contribution in [0.15, 0.2) is 48.5 Å². The SMILES string of the molecule is CCc1ccc(OCC(=O)N(Cc2ccc(F)cc2)C(C)C(=O)NC(C)(C)C)cc1. The van der Waals surface area contributed by atoms with Crippen molar-refractivity contribution in [1.82, 2.24) is 10.2 Å². The molecule has 0 heterocycles. The number of halogens is 1. The van der Waals surface area contributed by atoms with E-state index in [1.807, 2.05) is 45.0 Å². The highest BCUT2D eigenvalue weighted by Crippen LogP contribution is 2.15. The van der Waals surface area contributed by atoms with Crippen LogP contribution in [0.4, 0.5) is 4.39 Å². The molecule has 0 aromatic heterocycles. The highest BCUT2D eigenvalue weighted by Gasteiger charge is 2.28. The van der Waals surface area contributed by atoms with Crippen LogP contribution in [-0.2, 0) is 22.6 Å². The highest BCUT2D eigenvalue weighted by molar-refractivity contribution is 5.88. The van der Waals surface area contributed by atoms with Crippen LogP contribution in [0, 0.1) is 5.82 Å². The Morgan fingerprint density at radius 3 is 2.13 bits per heavy atom. The van der Waals surface area contributed by atoms with Gasteiger partial charge in [-0.05, 0) is 69.5 Å². The summed E-state index contributed by atoms with van der Waals surface area (Å²) in [5.41, 5.74) is 1.49. The molecule has 0 saturated heterocycles. The fourth-order valence-corrected chi connectivity index (χ4v) is 2.89. The van der Waals surface area contributed by atoms with E-state index in [0.717, 1.165) is 12.0 Å². The molecule has 2 rings (SSSR count). The van der Waals surface area contributed by atoms with Gasteiger partial charge in [-0.15, -0.1) is 0 Å². The smallest absolute Gasteiger partial charge is 0.261 e. The van der Waals surface area contributed by atoms with E-state index in [9.17, 15) is 14.0 Å². The minimum absolute atomic E-state index is 0.177. The Morgan fingerprint density at radius 2 is 1.60 bits per heavy atom. The lowest BCUT2D eigenvalue weighted by Crippen LogP contribution is -2.53. The van der Waals surface area contributed by atoms with Gasteiger partial charge in [0.2, 0.25) is 5.91 Å². The Kier molecular flexibility index (Phi) is 7.98. The van der Waals surface area contributed by atoms with Crippen LogP contribution >= 0.6 is 0 Å². The standard InChI is InChI=1S/C24H31FN2O3/c1-6-18-9-13-21(14-10-18)30-16-22(28)27(15-19-7-11-20(25)12-8-19)17(2)23(29)26-24(3,4)5/h7-14,17H,6,15-16H2,1-5H3,(H,26,29). The van der Waals surface area contributed by atoms with E-state index in [4.69, 9.17) is 4.74 Å². The van der Waals surface area contributed by atoms with E-state index in [-0.39, 0.29) is 30.8 Å². The summed E-state index contributed by atoms with van der Waals surface area (Å²) in [6, 6.07) is 12.7. The number of carbonyl (C=O) groups excluding carboxylic acids is 2. The second-order valence-corrected chi connectivity index (χ2v) is 8.35. The molecule has 6 heteroatoms. The molecule has 1 atom stereocenters. The van der Waals surface area contributed by atoms with Gasteiger partial charge >= 0.3 is 0 Å². The summed E-state index contributed by atoms with van der Waals surface area (Å²) in [6.07, 6.45) is 0.922. The van der Waals surface area contributed by atoms with Crippen molar-refractivity contribution in [1.29, 1.82) is 0 Å². The molecule has 0 saturated carbocycles. The van der Waals surface area contributed by atoms with Gasteiger partial charge in [-0.1, -0.05) is 31.2 Å². The molecule has 0 aliphatic heterocycles. The number of aryl methyl sites for hydroxylation is 1. The lowest BCUT2D eigenvalue weighted by atomic mass is 10.1. The minimum atomic E-state index is -0.715. The number of rotatable bonds is 8. The first-order valence-corrected chi connectivity index (χ1v) is 10.2. The fourth-order valence-electron chi connectivity index (χ4n) is 2.89. The van der Waals surface area contributed by atoms with Gasteiger partial charge in [0.25, 0.3) is 5.91 Å². The van der Waals surface area contributed by atoms with Crippen LogP contribution in [0.1, 0.15) is 45.7 Å². The van der Waals surface area contributed by atoms with Gasteiger partial charge in [-0.3, -0.25) is 9.59 Å². The van der Waals surface area contributed by atoms with Crippen molar-refractivity contribution in [3.63, 3.8) is 0 Å². The first-order chi connectivity index (χ1) is 14.1. The lowest BCUT2D eigenvalue weighted by Gasteiger charge is -2.31. The Morgan fingerprint density at radius 1 is 1.03 bits per heavy atom. The molecule has 2 aromatic carbocycles. The average Bonchev–Trinajstić information content (AvgIpc) is 2.70. The molecular weight excluding hydrogens is 383 g/mol. The second kappa shape index (κ2) is 10.2. The van der Waals surface area contributed by atoms with Crippen LogP contribution < -0.4 is 10.1 Å². The van der Waals surface area contributed by atoms with Gasteiger partial charge in [0.1, 0.15) is 17.6 Å². The molecule has 162 valence electrons. The number of nitrogens with zero attached hydrogens (tertiary/aromatic N) is 1. The van der Waals surface area contributed by atoms with Crippen molar-refractivity contribution in [3.8, 4) is 5.75 Å². The summed E-state index contributed by atoms with van der Waals surface area (Å²) in [5, 5.41) is 2.90. The zero-order chi connectivity index (χ0) is 22.3. The Hall–Kier alpha value is -2.89. The summed E-state index contributed by atoms with van der Waals surface area (Å²) in [5.74, 6) is -0.344. The Bertz CT molecular complexity index is 842. The van der Waals surface area contributed by atoms with Crippen LogP contribution in [-0.4, -0.2) is 34.9 Å².